The Kier molecular flexibility index (Phi) is 4.93. The molecule has 0 unspecified atom stereocenters. The van der Waals surface area contributed by atoms with Crippen LogP contribution in [0.1, 0.15) is 18.4 Å². The smallest absolute Gasteiger partial charge is 0.238 e. The summed E-state index contributed by atoms with van der Waals surface area (Å²) in [6.45, 7) is 4.60. The summed E-state index contributed by atoms with van der Waals surface area (Å²) in [5.41, 5.74) is 2.07. The molecule has 2 N–H and O–H groups in total. The fraction of sp³-hybridized carbons (Fsp3) is 0.533. The summed E-state index contributed by atoms with van der Waals surface area (Å²) in [4.78, 5) is 14.1. The van der Waals surface area contributed by atoms with Gasteiger partial charge in [-0.15, -0.1) is 0 Å². The van der Waals surface area contributed by atoms with Gasteiger partial charge in [0.05, 0.1) is 6.54 Å². The first-order chi connectivity index (χ1) is 9.15. The van der Waals surface area contributed by atoms with E-state index in [2.05, 4.69) is 15.5 Å². The number of hydrogen-bond acceptors (Lipinski definition) is 3. The van der Waals surface area contributed by atoms with Gasteiger partial charge in [-0.05, 0) is 52.0 Å². The van der Waals surface area contributed by atoms with E-state index in [4.69, 9.17) is 0 Å². The van der Waals surface area contributed by atoms with Gasteiger partial charge in [-0.1, -0.05) is 17.7 Å². The van der Waals surface area contributed by atoms with Crippen LogP contribution in [-0.2, 0) is 4.79 Å². The predicted octanol–water partition coefficient (Wildman–Crippen LogP) is 1.62. The third-order valence-corrected chi connectivity index (χ3v) is 3.66. The number of amides is 1. The Hall–Kier alpha value is -1.39. The molecular weight excluding hydrogens is 238 g/mol. The molecule has 1 aliphatic heterocycles. The van der Waals surface area contributed by atoms with E-state index in [1.54, 1.807) is 0 Å². The molecule has 4 heteroatoms. The lowest BCUT2D eigenvalue weighted by molar-refractivity contribution is -0.117. The first-order valence-corrected chi connectivity index (χ1v) is 6.92. The van der Waals surface area contributed by atoms with Crippen LogP contribution in [0.15, 0.2) is 24.3 Å². The second-order valence-corrected chi connectivity index (χ2v) is 5.31. The van der Waals surface area contributed by atoms with Gasteiger partial charge in [0.15, 0.2) is 0 Å². The van der Waals surface area contributed by atoms with Crippen LogP contribution in [0.4, 0.5) is 5.69 Å². The first-order valence-electron chi connectivity index (χ1n) is 6.92. The van der Waals surface area contributed by atoms with Crippen molar-refractivity contribution in [3.05, 3.63) is 29.8 Å². The molecule has 19 heavy (non-hydrogen) atoms. The van der Waals surface area contributed by atoms with Crippen LogP contribution in [0.3, 0.4) is 0 Å². The van der Waals surface area contributed by atoms with Gasteiger partial charge in [0.1, 0.15) is 0 Å². The van der Waals surface area contributed by atoms with Crippen molar-refractivity contribution in [3.8, 4) is 0 Å². The van der Waals surface area contributed by atoms with E-state index in [0.717, 1.165) is 31.6 Å². The summed E-state index contributed by atoms with van der Waals surface area (Å²) < 4.78 is 0. The highest BCUT2D eigenvalue weighted by Gasteiger charge is 2.19. The lowest BCUT2D eigenvalue weighted by Crippen LogP contribution is -2.44. The standard InChI is InChI=1S/C15H23N3O/c1-12-3-5-13(6-4-12)17-15(19)11-18(2)14-7-9-16-10-8-14/h3-6,14,16H,7-11H2,1-2H3,(H,17,19). The van der Waals surface area contributed by atoms with E-state index in [9.17, 15) is 4.79 Å². The molecule has 1 aliphatic rings. The minimum atomic E-state index is 0.0601. The third kappa shape index (κ3) is 4.33. The summed E-state index contributed by atoms with van der Waals surface area (Å²) in [7, 11) is 2.03. The molecule has 2 rings (SSSR count). The van der Waals surface area contributed by atoms with Crippen LogP contribution >= 0.6 is 0 Å². The maximum absolute atomic E-state index is 12.0. The Balaban J connectivity index is 1.81. The number of aryl methyl sites for hydroxylation is 1. The van der Waals surface area contributed by atoms with Gasteiger partial charge >= 0.3 is 0 Å². The molecule has 1 heterocycles. The summed E-state index contributed by atoms with van der Waals surface area (Å²) in [5, 5.41) is 6.28. The number of rotatable bonds is 4. The summed E-state index contributed by atoms with van der Waals surface area (Å²) in [6.07, 6.45) is 2.24. The number of nitrogens with one attached hydrogen (secondary N) is 2. The molecule has 104 valence electrons. The fourth-order valence-electron chi connectivity index (χ4n) is 2.44. The number of carbonyl (C=O) groups excluding carboxylic acids is 1. The number of likely N-dealkylation sites (N-methyl/N-ethyl adjacent to an activating group) is 1. The van der Waals surface area contributed by atoms with E-state index < -0.39 is 0 Å². The Morgan fingerprint density at radius 3 is 2.58 bits per heavy atom. The van der Waals surface area contributed by atoms with Gasteiger partial charge in [-0.2, -0.15) is 0 Å². The van der Waals surface area contributed by atoms with Crippen molar-refractivity contribution in [2.24, 2.45) is 0 Å². The van der Waals surface area contributed by atoms with Gasteiger partial charge in [-0.3, -0.25) is 9.69 Å². The SMILES string of the molecule is Cc1ccc(NC(=O)CN(C)C2CCNCC2)cc1. The molecule has 1 amide bonds. The quantitative estimate of drug-likeness (QED) is 0.865. The molecule has 0 saturated carbocycles. The van der Waals surface area contributed by atoms with E-state index in [1.165, 1.54) is 5.56 Å². The molecule has 0 aromatic heterocycles. The average molecular weight is 261 g/mol. The van der Waals surface area contributed by atoms with Crippen molar-refractivity contribution in [1.82, 2.24) is 10.2 Å². The molecule has 0 radical (unpaired) electrons. The summed E-state index contributed by atoms with van der Waals surface area (Å²) in [5.74, 6) is 0.0601. The molecule has 0 atom stereocenters. The number of benzene rings is 1. The van der Waals surface area contributed by atoms with Crippen molar-refractivity contribution in [1.29, 1.82) is 0 Å². The van der Waals surface area contributed by atoms with E-state index >= 15 is 0 Å². The van der Waals surface area contributed by atoms with Crippen molar-refractivity contribution in [2.45, 2.75) is 25.8 Å². The normalized spacial score (nSPS) is 16.6. The zero-order chi connectivity index (χ0) is 13.7. The third-order valence-electron chi connectivity index (χ3n) is 3.66. The van der Waals surface area contributed by atoms with Gasteiger partial charge < -0.3 is 10.6 Å². The number of hydrogen-bond donors (Lipinski definition) is 2. The Labute approximate surface area is 115 Å². The van der Waals surface area contributed by atoms with Gasteiger partial charge in [0.25, 0.3) is 0 Å². The number of nitrogens with zero attached hydrogens (tertiary/aromatic N) is 1. The average Bonchev–Trinajstić information content (AvgIpc) is 2.42. The van der Waals surface area contributed by atoms with Crippen molar-refractivity contribution < 1.29 is 4.79 Å². The van der Waals surface area contributed by atoms with Crippen LogP contribution in [-0.4, -0.2) is 43.5 Å². The van der Waals surface area contributed by atoms with Crippen molar-refractivity contribution >= 4 is 11.6 Å². The van der Waals surface area contributed by atoms with Gasteiger partial charge in [-0.25, -0.2) is 0 Å². The maximum atomic E-state index is 12.0. The molecule has 0 aliphatic carbocycles. The second-order valence-electron chi connectivity index (χ2n) is 5.31. The zero-order valence-corrected chi connectivity index (χ0v) is 11.8. The molecule has 0 spiro atoms. The monoisotopic (exact) mass is 261 g/mol. The molecule has 4 nitrogen and oxygen atoms in total. The van der Waals surface area contributed by atoms with Crippen molar-refractivity contribution in [3.63, 3.8) is 0 Å². The molecule has 1 fully saturated rings. The lowest BCUT2D eigenvalue weighted by Gasteiger charge is -2.31. The van der Waals surface area contributed by atoms with Crippen LogP contribution in [0.5, 0.6) is 0 Å². The molecule has 1 saturated heterocycles. The summed E-state index contributed by atoms with van der Waals surface area (Å²) in [6, 6.07) is 8.42. The Morgan fingerprint density at radius 2 is 1.95 bits per heavy atom. The van der Waals surface area contributed by atoms with E-state index in [0.29, 0.717) is 12.6 Å². The van der Waals surface area contributed by atoms with Crippen LogP contribution in [0, 0.1) is 6.92 Å². The van der Waals surface area contributed by atoms with Crippen molar-refractivity contribution in [2.75, 3.05) is 32.0 Å². The summed E-state index contributed by atoms with van der Waals surface area (Å²) >= 11 is 0. The Bertz CT molecular complexity index is 410. The van der Waals surface area contributed by atoms with E-state index in [1.807, 2.05) is 38.2 Å². The predicted molar refractivity (Wildman–Crippen MR) is 78.3 cm³/mol. The highest BCUT2D eigenvalue weighted by atomic mass is 16.2. The second kappa shape index (κ2) is 6.68. The van der Waals surface area contributed by atoms with Gasteiger partial charge in [0, 0.05) is 11.7 Å². The molecule has 0 bridgehead atoms. The fourth-order valence-corrected chi connectivity index (χ4v) is 2.44. The van der Waals surface area contributed by atoms with Gasteiger partial charge in [0.2, 0.25) is 5.91 Å². The number of carbonyl (C=O) groups is 1. The molecular formula is C15H23N3O. The Morgan fingerprint density at radius 1 is 1.32 bits per heavy atom. The largest absolute Gasteiger partial charge is 0.325 e. The zero-order valence-electron chi connectivity index (χ0n) is 11.8. The minimum absolute atomic E-state index is 0.0601. The lowest BCUT2D eigenvalue weighted by atomic mass is 10.1. The minimum Gasteiger partial charge on any atom is -0.325 e. The van der Waals surface area contributed by atoms with Crippen LogP contribution in [0.25, 0.3) is 0 Å². The topological polar surface area (TPSA) is 44.4 Å². The van der Waals surface area contributed by atoms with Crippen LogP contribution in [0.2, 0.25) is 0 Å². The molecule has 1 aromatic carbocycles. The highest BCUT2D eigenvalue weighted by molar-refractivity contribution is 5.92. The van der Waals surface area contributed by atoms with E-state index in [-0.39, 0.29) is 5.91 Å². The highest BCUT2D eigenvalue weighted by Crippen LogP contribution is 2.11. The number of anilines is 1. The molecule has 1 aromatic rings. The first kappa shape index (κ1) is 14.0. The van der Waals surface area contributed by atoms with Crippen LogP contribution < -0.4 is 10.6 Å². The maximum Gasteiger partial charge on any atom is 0.238 e. The number of piperidine rings is 1.